The van der Waals surface area contributed by atoms with Gasteiger partial charge in [-0.25, -0.2) is 8.42 Å². The van der Waals surface area contributed by atoms with Crippen molar-refractivity contribution < 1.29 is 18.1 Å². The van der Waals surface area contributed by atoms with Gasteiger partial charge in [-0.15, -0.1) is 0 Å². The van der Waals surface area contributed by atoms with Crippen LogP contribution in [-0.4, -0.2) is 36.6 Å². The summed E-state index contributed by atoms with van der Waals surface area (Å²) in [5.74, 6) is -0.941. The molecule has 1 heterocycles. The van der Waals surface area contributed by atoms with Crippen LogP contribution in [0.1, 0.15) is 18.4 Å². The van der Waals surface area contributed by atoms with Gasteiger partial charge in [0.05, 0.1) is 15.7 Å². The third-order valence-corrected chi connectivity index (χ3v) is 7.02. The predicted molar refractivity (Wildman–Crippen MR) is 109 cm³/mol. The lowest BCUT2D eigenvalue weighted by molar-refractivity contribution is -0.384. The smallest absolute Gasteiger partial charge is 0.289 e. The lowest BCUT2D eigenvalue weighted by Gasteiger charge is -2.31. The first-order valence-corrected chi connectivity index (χ1v) is 10.8. The number of hydrogen-bond donors (Lipinski definition) is 1. The summed E-state index contributed by atoms with van der Waals surface area (Å²) in [6.45, 7) is 2.27. The summed E-state index contributed by atoms with van der Waals surface area (Å²) in [6.07, 6.45) is 1.07. The molecule has 1 aliphatic heterocycles. The Morgan fingerprint density at radius 2 is 1.93 bits per heavy atom. The van der Waals surface area contributed by atoms with E-state index in [0.29, 0.717) is 19.4 Å². The quantitative estimate of drug-likeness (QED) is 0.567. The number of nitrogens with one attached hydrogen (secondary N) is 1. The Bertz CT molecular complexity index is 1040. The van der Waals surface area contributed by atoms with Gasteiger partial charge in [0.2, 0.25) is 15.9 Å². The zero-order chi connectivity index (χ0) is 21.2. The van der Waals surface area contributed by atoms with Crippen LogP contribution in [0.4, 0.5) is 11.4 Å². The van der Waals surface area contributed by atoms with E-state index in [-0.39, 0.29) is 33.7 Å². The molecule has 1 saturated heterocycles. The number of carbonyl (C=O) groups excluding carboxylic acids is 1. The number of rotatable bonds is 5. The second-order valence-corrected chi connectivity index (χ2v) is 9.27. The highest BCUT2D eigenvalue weighted by molar-refractivity contribution is 7.89. The first-order valence-electron chi connectivity index (χ1n) is 9.00. The van der Waals surface area contributed by atoms with E-state index in [4.69, 9.17) is 11.6 Å². The van der Waals surface area contributed by atoms with E-state index in [2.05, 4.69) is 5.32 Å². The number of piperidine rings is 1. The topological polar surface area (TPSA) is 110 Å². The van der Waals surface area contributed by atoms with Crippen LogP contribution in [0.15, 0.2) is 47.4 Å². The van der Waals surface area contributed by atoms with Gasteiger partial charge in [-0.2, -0.15) is 4.31 Å². The second-order valence-electron chi connectivity index (χ2n) is 6.93. The molecule has 0 bridgehead atoms. The Morgan fingerprint density at radius 3 is 2.59 bits per heavy atom. The SMILES string of the molecule is Cc1ccc(S(=O)(=O)N2CCC[C@@H](C(=O)Nc3ccc(Cl)c([N+](=O)[O-])c3)C2)cc1. The minimum Gasteiger partial charge on any atom is -0.326 e. The highest BCUT2D eigenvalue weighted by Crippen LogP contribution is 2.29. The maximum Gasteiger partial charge on any atom is 0.289 e. The fourth-order valence-electron chi connectivity index (χ4n) is 3.21. The molecule has 1 aliphatic rings. The van der Waals surface area contributed by atoms with Crippen molar-refractivity contribution in [1.82, 2.24) is 4.31 Å². The number of sulfonamides is 1. The molecule has 29 heavy (non-hydrogen) atoms. The van der Waals surface area contributed by atoms with Crippen LogP contribution in [-0.2, 0) is 14.8 Å². The molecule has 0 aliphatic carbocycles. The number of aryl methyl sites for hydroxylation is 1. The van der Waals surface area contributed by atoms with Crippen molar-refractivity contribution >= 4 is 38.9 Å². The van der Waals surface area contributed by atoms with E-state index in [9.17, 15) is 23.3 Å². The van der Waals surface area contributed by atoms with Gasteiger partial charge >= 0.3 is 0 Å². The van der Waals surface area contributed by atoms with Crippen molar-refractivity contribution in [3.8, 4) is 0 Å². The van der Waals surface area contributed by atoms with E-state index in [1.807, 2.05) is 6.92 Å². The fourth-order valence-corrected chi connectivity index (χ4v) is 4.92. The third-order valence-electron chi connectivity index (χ3n) is 4.82. The molecule has 0 aromatic heterocycles. The summed E-state index contributed by atoms with van der Waals surface area (Å²) >= 11 is 5.79. The number of hydrogen-bond acceptors (Lipinski definition) is 5. The summed E-state index contributed by atoms with van der Waals surface area (Å²) in [5.41, 5.74) is 0.887. The molecule has 0 spiro atoms. The molecule has 1 amide bonds. The van der Waals surface area contributed by atoms with Gasteiger partial charge in [0.15, 0.2) is 0 Å². The van der Waals surface area contributed by atoms with Crippen molar-refractivity contribution in [2.24, 2.45) is 5.92 Å². The third kappa shape index (κ3) is 4.75. The molecular weight excluding hydrogens is 418 g/mol. The molecular formula is C19H20ClN3O5S. The molecule has 2 aromatic carbocycles. The Hall–Kier alpha value is -2.49. The first kappa shape index (κ1) is 21.2. The molecule has 10 heteroatoms. The largest absolute Gasteiger partial charge is 0.326 e. The molecule has 0 saturated carbocycles. The number of halogens is 1. The standard InChI is InChI=1S/C19H20ClN3O5S/c1-13-4-7-16(8-5-13)29(27,28)22-10-2-3-14(12-22)19(24)21-15-6-9-17(20)18(11-15)23(25)26/h4-9,11,14H,2-3,10,12H2,1H3,(H,21,24)/t14-/m1/s1. The highest BCUT2D eigenvalue weighted by atomic mass is 35.5. The molecule has 0 radical (unpaired) electrons. The van der Waals surface area contributed by atoms with Gasteiger partial charge < -0.3 is 5.32 Å². The first-order chi connectivity index (χ1) is 13.7. The van der Waals surface area contributed by atoms with Crippen molar-refractivity contribution in [3.63, 3.8) is 0 Å². The second kappa shape index (κ2) is 8.48. The molecule has 1 fully saturated rings. The van der Waals surface area contributed by atoms with Crippen LogP contribution in [0.25, 0.3) is 0 Å². The fraction of sp³-hybridized carbons (Fsp3) is 0.316. The summed E-state index contributed by atoms with van der Waals surface area (Å²) < 4.78 is 27.1. The van der Waals surface area contributed by atoms with Crippen LogP contribution in [0, 0.1) is 23.0 Å². The number of anilines is 1. The van der Waals surface area contributed by atoms with E-state index in [1.165, 1.54) is 22.5 Å². The molecule has 1 atom stereocenters. The maximum absolute atomic E-state index is 12.9. The van der Waals surface area contributed by atoms with Crippen LogP contribution in [0.3, 0.4) is 0 Å². The Balaban J connectivity index is 1.73. The number of nitro benzene ring substituents is 1. The van der Waals surface area contributed by atoms with Gasteiger partial charge in [0.1, 0.15) is 5.02 Å². The van der Waals surface area contributed by atoms with Gasteiger partial charge in [-0.05, 0) is 44.0 Å². The highest BCUT2D eigenvalue weighted by Gasteiger charge is 2.33. The lowest BCUT2D eigenvalue weighted by atomic mass is 9.98. The number of benzene rings is 2. The minimum atomic E-state index is -3.70. The van der Waals surface area contributed by atoms with Crippen LogP contribution in [0.5, 0.6) is 0 Å². The Kier molecular flexibility index (Phi) is 6.21. The summed E-state index contributed by atoms with van der Waals surface area (Å²) in [6, 6.07) is 10.6. The molecule has 0 unspecified atom stereocenters. The van der Waals surface area contributed by atoms with E-state index >= 15 is 0 Å². The lowest BCUT2D eigenvalue weighted by Crippen LogP contribution is -2.43. The number of nitro groups is 1. The number of nitrogens with zero attached hydrogens (tertiary/aromatic N) is 2. The molecule has 1 N–H and O–H groups in total. The number of amides is 1. The Morgan fingerprint density at radius 1 is 1.24 bits per heavy atom. The van der Waals surface area contributed by atoms with Crippen molar-refractivity contribution in [2.45, 2.75) is 24.7 Å². The average Bonchev–Trinajstić information content (AvgIpc) is 2.69. The molecule has 2 aromatic rings. The Labute approximate surface area is 173 Å². The van der Waals surface area contributed by atoms with Crippen molar-refractivity contribution in [1.29, 1.82) is 0 Å². The zero-order valence-electron chi connectivity index (χ0n) is 15.7. The van der Waals surface area contributed by atoms with Gasteiger partial charge in [-0.3, -0.25) is 14.9 Å². The van der Waals surface area contributed by atoms with E-state index in [1.54, 1.807) is 24.3 Å². The maximum atomic E-state index is 12.9. The van der Waals surface area contributed by atoms with E-state index in [0.717, 1.165) is 5.56 Å². The minimum absolute atomic E-state index is 0.0268. The van der Waals surface area contributed by atoms with Crippen LogP contribution >= 0.6 is 11.6 Å². The monoisotopic (exact) mass is 437 g/mol. The normalized spacial score (nSPS) is 17.7. The molecule has 8 nitrogen and oxygen atoms in total. The summed E-state index contributed by atoms with van der Waals surface area (Å²) in [5, 5.41) is 13.6. The van der Waals surface area contributed by atoms with Crippen LogP contribution in [0.2, 0.25) is 5.02 Å². The predicted octanol–water partition coefficient (Wildman–Crippen LogP) is 3.60. The molecule has 154 valence electrons. The van der Waals surface area contributed by atoms with Crippen molar-refractivity contribution in [3.05, 3.63) is 63.2 Å². The summed E-state index contributed by atoms with van der Waals surface area (Å²) in [7, 11) is -3.70. The van der Waals surface area contributed by atoms with Crippen LogP contribution < -0.4 is 5.32 Å². The van der Waals surface area contributed by atoms with Gasteiger partial charge in [0, 0.05) is 24.8 Å². The number of carbonyl (C=O) groups is 1. The van der Waals surface area contributed by atoms with Gasteiger partial charge in [0.25, 0.3) is 5.69 Å². The van der Waals surface area contributed by atoms with E-state index < -0.39 is 20.9 Å². The average molecular weight is 438 g/mol. The molecule has 3 rings (SSSR count). The van der Waals surface area contributed by atoms with Crippen molar-refractivity contribution in [2.75, 3.05) is 18.4 Å². The zero-order valence-corrected chi connectivity index (χ0v) is 17.2. The summed E-state index contributed by atoms with van der Waals surface area (Å²) in [4.78, 5) is 23.2. The van der Waals surface area contributed by atoms with Gasteiger partial charge in [-0.1, -0.05) is 29.3 Å².